The fourth-order valence-corrected chi connectivity index (χ4v) is 3.14. The Kier molecular flexibility index (Phi) is 4.74. The molecule has 1 aliphatic heterocycles. The summed E-state index contributed by atoms with van der Waals surface area (Å²) in [4.78, 5) is 11.7. The molecule has 2 nitrogen and oxygen atoms in total. The van der Waals surface area contributed by atoms with Crippen LogP contribution >= 0.6 is 35.1 Å². The Morgan fingerprint density at radius 2 is 1.94 bits per heavy atom. The molecule has 2 rings (SSSR count). The number of carbonyl (C=O) groups excluding carboxylic acids is 1. The molecule has 0 amide bonds. The van der Waals surface area contributed by atoms with E-state index in [-0.39, 0.29) is 5.92 Å². The van der Waals surface area contributed by atoms with Crippen molar-refractivity contribution in [1.29, 1.82) is 0 Å². The van der Waals surface area contributed by atoms with Crippen LogP contribution in [0.5, 0.6) is 0 Å². The molecule has 0 radical (unpaired) electrons. The summed E-state index contributed by atoms with van der Waals surface area (Å²) in [7, 11) is 0. The highest BCUT2D eigenvalue weighted by molar-refractivity contribution is 7.97. The van der Waals surface area contributed by atoms with Gasteiger partial charge in [0, 0.05) is 23.9 Å². The van der Waals surface area contributed by atoms with E-state index in [0.717, 1.165) is 37.1 Å². The van der Waals surface area contributed by atoms with Crippen molar-refractivity contribution in [3.05, 3.63) is 28.2 Å². The van der Waals surface area contributed by atoms with Gasteiger partial charge >= 0.3 is 0 Å². The van der Waals surface area contributed by atoms with Gasteiger partial charge in [0.15, 0.2) is 0 Å². The van der Waals surface area contributed by atoms with Crippen LogP contribution in [0.25, 0.3) is 0 Å². The van der Waals surface area contributed by atoms with Gasteiger partial charge in [-0.05, 0) is 43.0 Å². The molecule has 1 aliphatic rings. The summed E-state index contributed by atoms with van der Waals surface area (Å²) in [6.07, 6.45) is 2.96. The number of rotatable bonds is 3. The van der Waals surface area contributed by atoms with Gasteiger partial charge in [-0.25, -0.2) is 4.31 Å². The van der Waals surface area contributed by atoms with Gasteiger partial charge in [-0.3, -0.25) is 0 Å². The number of hydrogen-bond donors (Lipinski definition) is 0. The molecule has 0 bridgehead atoms. The highest BCUT2D eigenvalue weighted by atomic mass is 35.5. The number of nitrogens with zero attached hydrogens (tertiary/aromatic N) is 1. The maximum atomic E-state index is 10.6. The van der Waals surface area contributed by atoms with Crippen LogP contribution in [0.2, 0.25) is 10.0 Å². The Morgan fingerprint density at radius 1 is 1.24 bits per heavy atom. The summed E-state index contributed by atoms with van der Waals surface area (Å²) in [5.41, 5.74) is 0. The predicted octanol–water partition coefficient (Wildman–Crippen LogP) is 3.91. The molecule has 0 atom stereocenters. The fourth-order valence-electron chi connectivity index (χ4n) is 1.79. The van der Waals surface area contributed by atoms with E-state index < -0.39 is 0 Å². The highest BCUT2D eigenvalue weighted by Gasteiger charge is 2.19. The van der Waals surface area contributed by atoms with Gasteiger partial charge in [-0.15, -0.1) is 0 Å². The molecule has 0 aliphatic carbocycles. The first-order valence-corrected chi connectivity index (χ1v) is 7.05. The predicted molar refractivity (Wildman–Crippen MR) is 72.7 cm³/mol. The second-order valence-corrected chi connectivity index (χ2v) is 6.05. The number of benzene rings is 1. The van der Waals surface area contributed by atoms with Crippen LogP contribution in [0, 0.1) is 5.92 Å². The van der Waals surface area contributed by atoms with Gasteiger partial charge in [0.25, 0.3) is 0 Å². The third kappa shape index (κ3) is 3.62. The third-order valence-electron chi connectivity index (χ3n) is 2.82. The molecular formula is C12H13Cl2NOS. The smallest absolute Gasteiger partial charge is 0.123 e. The van der Waals surface area contributed by atoms with E-state index in [1.807, 2.05) is 18.2 Å². The molecule has 1 saturated heterocycles. The molecule has 0 saturated carbocycles. The van der Waals surface area contributed by atoms with Crippen LogP contribution in [0.4, 0.5) is 0 Å². The topological polar surface area (TPSA) is 20.3 Å². The summed E-state index contributed by atoms with van der Waals surface area (Å²) < 4.78 is 2.26. The van der Waals surface area contributed by atoms with E-state index in [4.69, 9.17) is 23.2 Å². The summed E-state index contributed by atoms with van der Waals surface area (Å²) in [5, 5.41) is 1.16. The van der Waals surface area contributed by atoms with E-state index in [0.29, 0.717) is 10.0 Å². The van der Waals surface area contributed by atoms with Crippen molar-refractivity contribution >= 4 is 41.4 Å². The first-order valence-electron chi connectivity index (χ1n) is 5.52. The minimum Gasteiger partial charge on any atom is -0.303 e. The van der Waals surface area contributed by atoms with E-state index >= 15 is 0 Å². The zero-order chi connectivity index (χ0) is 12.3. The summed E-state index contributed by atoms with van der Waals surface area (Å²) in [6.45, 7) is 1.88. The molecule has 1 fully saturated rings. The van der Waals surface area contributed by atoms with Crippen LogP contribution in [0.3, 0.4) is 0 Å². The van der Waals surface area contributed by atoms with Gasteiger partial charge in [-0.2, -0.15) is 0 Å². The molecule has 0 unspecified atom stereocenters. The van der Waals surface area contributed by atoms with Crippen LogP contribution < -0.4 is 0 Å². The molecule has 17 heavy (non-hydrogen) atoms. The summed E-state index contributed by atoms with van der Waals surface area (Å²) >= 11 is 13.5. The summed E-state index contributed by atoms with van der Waals surface area (Å²) in [6, 6.07) is 5.65. The van der Waals surface area contributed by atoms with E-state index in [1.54, 1.807) is 11.9 Å². The minimum absolute atomic E-state index is 0.237. The molecule has 0 spiro atoms. The van der Waals surface area contributed by atoms with E-state index in [9.17, 15) is 4.79 Å². The van der Waals surface area contributed by atoms with Gasteiger partial charge < -0.3 is 4.79 Å². The lowest BCUT2D eigenvalue weighted by molar-refractivity contribution is -0.112. The second-order valence-electron chi connectivity index (χ2n) is 4.07. The van der Waals surface area contributed by atoms with Crippen molar-refractivity contribution in [2.45, 2.75) is 17.7 Å². The molecule has 1 heterocycles. The maximum absolute atomic E-state index is 10.6. The van der Waals surface area contributed by atoms with Crippen molar-refractivity contribution in [2.75, 3.05) is 13.1 Å². The molecular weight excluding hydrogens is 277 g/mol. The molecule has 0 N–H and O–H groups in total. The third-order valence-corrected chi connectivity index (χ3v) is 4.64. The normalized spacial score (nSPS) is 18.2. The lowest BCUT2D eigenvalue weighted by Gasteiger charge is -2.28. The van der Waals surface area contributed by atoms with Gasteiger partial charge in [0.2, 0.25) is 0 Å². The standard InChI is InChI=1S/C12H13Cl2NOS/c13-11-2-1-10(7-12(11)14)17-15-5-3-9(8-16)4-6-15/h1-2,7-9H,3-6H2. The molecule has 0 aromatic heterocycles. The van der Waals surface area contributed by atoms with Gasteiger partial charge in [0.05, 0.1) is 10.0 Å². The zero-order valence-corrected chi connectivity index (χ0v) is 11.6. The Balaban J connectivity index is 1.93. The van der Waals surface area contributed by atoms with Crippen molar-refractivity contribution in [3.63, 3.8) is 0 Å². The van der Waals surface area contributed by atoms with Gasteiger partial charge in [-0.1, -0.05) is 23.2 Å². The van der Waals surface area contributed by atoms with Crippen LogP contribution in [-0.2, 0) is 4.79 Å². The Morgan fingerprint density at radius 3 is 2.53 bits per heavy atom. The maximum Gasteiger partial charge on any atom is 0.123 e. The molecule has 1 aromatic carbocycles. The fraction of sp³-hybridized carbons (Fsp3) is 0.417. The molecule has 92 valence electrons. The van der Waals surface area contributed by atoms with Crippen LogP contribution in [-0.4, -0.2) is 23.7 Å². The number of halogens is 2. The monoisotopic (exact) mass is 289 g/mol. The molecule has 5 heteroatoms. The molecule has 1 aromatic rings. The quantitative estimate of drug-likeness (QED) is 0.622. The van der Waals surface area contributed by atoms with Crippen LogP contribution in [0.15, 0.2) is 23.1 Å². The Bertz CT molecular complexity index is 405. The van der Waals surface area contributed by atoms with Crippen LogP contribution in [0.1, 0.15) is 12.8 Å². The Labute approximate surface area is 115 Å². The zero-order valence-electron chi connectivity index (χ0n) is 9.23. The minimum atomic E-state index is 0.237. The van der Waals surface area contributed by atoms with Crippen molar-refractivity contribution in [2.24, 2.45) is 5.92 Å². The van der Waals surface area contributed by atoms with E-state index in [1.165, 1.54) is 0 Å². The Hall–Kier alpha value is -0.220. The number of hydrogen-bond acceptors (Lipinski definition) is 3. The van der Waals surface area contributed by atoms with Gasteiger partial charge in [0.1, 0.15) is 6.29 Å². The van der Waals surface area contributed by atoms with Crippen molar-refractivity contribution < 1.29 is 4.79 Å². The number of aldehydes is 1. The first-order chi connectivity index (χ1) is 8.19. The largest absolute Gasteiger partial charge is 0.303 e. The number of piperidine rings is 1. The average molecular weight is 290 g/mol. The highest BCUT2D eigenvalue weighted by Crippen LogP contribution is 2.31. The first kappa shape index (κ1) is 13.2. The average Bonchev–Trinajstić information content (AvgIpc) is 2.35. The lowest BCUT2D eigenvalue weighted by atomic mass is 10.0. The van der Waals surface area contributed by atoms with E-state index in [2.05, 4.69) is 4.31 Å². The van der Waals surface area contributed by atoms with Crippen molar-refractivity contribution in [1.82, 2.24) is 4.31 Å². The lowest BCUT2D eigenvalue weighted by Crippen LogP contribution is -2.28. The SMILES string of the molecule is O=CC1CCN(Sc2ccc(Cl)c(Cl)c2)CC1. The second kappa shape index (κ2) is 6.10. The number of carbonyl (C=O) groups is 1. The van der Waals surface area contributed by atoms with Crippen molar-refractivity contribution in [3.8, 4) is 0 Å². The summed E-state index contributed by atoms with van der Waals surface area (Å²) in [5.74, 6) is 0.237.